The molecule has 0 saturated carbocycles. The molecule has 0 aliphatic carbocycles. The van der Waals surface area contributed by atoms with Crippen LogP contribution in [0.5, 0.6) is 0 Å². The number of Topliss-reactive ketones (excluding diaryl/α,β-unsaturated/α-hetero) is 1. The van der Waals surface area contributed by atoms with Gasteiger partial charge in [-0.3, -0.25) is 14.4 Å². The Kier molecular flexibility index (Phi) is 4.11. The zero-order valence-electron chi connectivity index (χ0n) is 12.3. The van der Waals surface area contributed by atoms with Crippen LogP contribution >= 0.6 is 0 Å². The van der Waals surface area contributed by atoms with Gasteiger partial charge in [-0.25, -0.2) is 0 Å². The molecule has 5 heteroatoms. The summed E-state index contributed by atoms with van der Waals surface area (Å²) >= 11 is 0. The molecular weight excluding hydrogens is 272 g/mol. The van der Waals surface area contributed by atoms with E-state index in [-0.39, 0.29) is 12.2 Å². The molecule has 1 aliphatic heterocycles. The number of rotatable bonds is 4. The molecule has 0 aromatic heterocycles. The lowest BCUT2D eigenvalue weighted by Gasteiger charge is -2.25. The van der Waals surface area contributed by atoms with Crippen LogP contribution in [0.3, 0.4) is 0 Å². The number of esters is 2. The molecule has 1 aliphatic rings. The highest BCUT2D eigenvalue weighted by Gasteiger charge is 2.49. The number of carbonyl (C=O) groups is 3. The van der Waals surface area contributed by atoms with E-state index >= 15 is 0 Å². The second-order valence-corrected chi connectivity index (χ2v) is 5.61. The van der Waals surface area contributed by atoms with Gasteiger partial charge >= 0.3 is 11.9 Å². The first-order chi connectivity index (χ1) is 9.87. The standard InChI is InChI=1S/C16H18O5/c1-16(2,15(19)20-3)14(18)11-9-12(17)21-13(11)10-7-5-4-6-8-10/h4-8,11,13H,9H2,1-3H3. The number of hydrogen-bond acceptors (Lipinski definition) is 5. The molecule has 112 valence electrons. The van der Waals surface area contributed by atoms with Crippen LogP contribution < -0.4 is 0 Å². The molecule has 0 N–H and O–H groups in total. The van der Waals surface area contributed by atoms with Crippen molar-refractivity contribution in [3.8, 4) is 0 Å². The predicted molar refractivity (Wildman–Crippen MR) is 74.2 cm³/mol. The van der Waals surface area contributed by atoms with Crippen molar-refractivity contribution in [3.63, 3.8) is 0 Å². The normalized spacial score (nSPS) is 21.8. The molecule has 0 amide bonds. The summed E-state index contributed by atoms with van der Waals surface area (Å²) in [6, 6.07) is 9.07. The van der Waals surface area contributed by atoms with Crippen molar-refractivity contribution in [2.24, 2.45) is 11.3 Å². The van der Waals surface area contributed by atoms with E-state index in [1.165, 1.54) is 21.0 Å². The maximum Gasteiger partial charge on any atom is 0.318 e. The van der Waals surface area contributed by atoms with Gasteiger partial charge in [0.15, 0.2) is 5.78 Å². The number of cyclic esters (lactones) is 1. The number of ketones is 1. The maximum absolute atomic E-state index is 12.7. The Hall–Kier alpha value is -2.17. The first-order valence-electron chi connectivity index (χ1n) is 6.75. The molecule has 1 aromatic rings. The highest BCUT2D eigenvalue weighted by molar-refractivity contribution is 6.05. The van der Waals surface area contributed by atoms with Crippen LogP contribution in [-0.4, -0.2) is 24.8 Å². The van der Waals surface area contributed by atoms with Crippen molar-refractivity contribution in [1.29, 1.82) is 0 Å². The van der Waals surface area contributed by atoms with Gasteiger partial charge in [0.05, 0.1) is 19.4 Å². The summed E-state index contributed by atoms with van der Waals surface area (Å²) < 4.78 is 9.96. The summed E-state index contributed by atoms with van der Waals surface area (Å²) in [5.41, 5.74) is -0.553. The van der Waals surface area contributed by atoms with E-state index in [9.17, 15) is 14.4 Å². The summed E-state index contributed by atoms with van der Waals surface area (Å²) in [5, 5.41) is 0. The van der Waals surface area contributed by atoms with Crippen molar-refractivity contribution in [2.75, 3.05) is 7.11 Å². The van der Waals surface area contributed by atoms with Crippen LogP contribution in [0.25, 0.3) is 0 Å². The third-order valence-corrected chi connectivity index (χ3v) is 3.79. The Morgan fingerprint density at radius 1 is 1.24 bits per heavy atom. The summed E-state index contributed by atoms with van der Waals surface area (Å²) in [4.78, 5) is 36.1. The Balaban J connectivity index is 2.31. The zero-order valence-corrected chi connectivity index (χ0v) is 12.3. The van der Waals surface area contributed by atoms with Crippen molar-refractivity contribution in [3.05, 3.63) is 35.9 Å². The maximum atomic E-state index is 12.7. The molecule has 1 fully saturated rings. The van der Waals surface area contributed by atoms with Gasteiger partial charge in [0.2, 0.25) is 0 Å². The zero-order chi connectivity index (χ0) is 15.6. The van der Waals surface area contributed by atoms with Crippen LogP contribution in [0, 0.1) is 11.3 Å². The van der Waals surface area contributed by atoms with E-state index in [0.29, 0.717) is 0 Å². The summed E-state index contributed by atoms with van der Waals surface area (Å²) in [7, 11) is 1.24. The lowest BCUT2D eigenvalue weighted by molar-refractivity contribution is -0.157. The van der Waals surface area contributed by atoms with Crippen LogP contribution in [0.1, 0.15) is 31.9 Å². The molecule has 0 bridgehead atoms. The first kappa shape index (κ1) is 15.2. The molecule has 2 rings (SSSR count). The number of hydrogen-bond donors (Lipinski definition) is 0. The number of methoxy groups -OCH3 is 1. The molecule has 0 spiro atoms. The summed E-state index contributed by atoms with van der Waals surface area (Å²) in [6.45, 7) is 3.01. The lowest BCUT2D eigenvalue weighted by atomic mass is 9.77. The molecule has 21 heavy (non-hydrogen) atoms. The Bertz CT molecular complexity index is 561. The number of benzene rings is 1. The van der Waals surface area contributed by atoms with E-state index in [1.807, 2.05) is 18.2 Å². The second-order valence-electron chi connectivity index (χ2n) is 5.61. The van der Waals surface area contributed by atoms with Crippen LogP contribution in [0.2, 0.25) is 0 Å². The first-order valence-corrected chi connectivity index (χ1v) is 6.75. The topological polar surface area (TPSA) is 69.7 Å². The summed E-state index contributed by atoms with van der Waals surface area (Å²) in [5.74, 6) is -2.05. The second kappa shape index (κ2) is 5.68. The average Bonchev–Trinajstić information content (AvgIpc) is 2.88. The van der Waals surface area contributed by atoms with Gasteiger partial charge < -0.3 is 9.47 Å². The van der Waals surface area contributed by atoms with Gasteiger partial charge in [0.25, 0.3) is 0 Å². The SMILES string of the molecule is COC(=O)C(C)(C)C(=O)C1CC(=O)OC1c1ccccc1. The van der Waals surface area contributed by atoms with Gasteiger partial charge in [-0.15, -0.1) is 0 Å². The minimum atomic E-state index is -1.31. The molecular formula is C16H18O5. The molecule has 5 nitrogen and oxygen atoms in total. The molecule has 2 atom stereocenters. The Morgan fingerprint density at radius 2 is 1.86 bits per heavy atom. The monoisotopic (exact) mass is 290 g/mol. The Labute approximate surface area is 123 Å². The third-order valence-electron chi connectivity index (χ3n) is 3.79. The lowest BCUT2D eigenvalue weighted by Crippen LogP contribution is -2.39. The van der Waals surface area contributed by atoms with E-state index in [1.54, 1.807) is 12.1 Å². The highest BCUT2D eigenvalue weighted by Crippen LogP contribution is 2.40. The van der Waals surface area contributed by atoms with Gasteiger partial charge in [-0.2, -0.15) is 0 Å². The molecule has 1 aromatic carbocycles. The largest absolute Gasteiger partial charge is 0.468 e. The van der Waals surface area contributed by atoms with Crippen molar-refractivity contribution < 1.29 is 23.9 Å². The quantitative estimate of drug-likeness (QED) is 0.627. The fourth-order valence-corrected chi connectivity index (χ4v) is 2.55. The third kappa shape index (κ3) is 2.82. The van der Waals surface area contributed by atoms with E-state index in [4.69, 9.17) is 4.74 Å². The fourth-order valence-electron chi connectivity index (χ4n) is 2.55. The van der Waals surface area contributed by atoms with Crippen LogP contribution in [0.15, 0.2) is 30.3 Å². The summed E-state index contributed by atoms with van der Waals surface area (Å²) in [6.07, 6.45) is -0.658. The smallest absolute Gasteiger partial charge is 0.318 e. The Morgan fingerprint density at radius 3 is 2.43 bits per heavy atom. The van der Waals surface area contributed by atoms with Gasteiger partial charge in [-0.1, -0.05) is 30.3 Å². The van der Waals surface area contributed by atoms with Gasteiger partial charge in [-0.05, 0) is 19.4 Å². The average molecular weight is 290 g/mol. The van der Waals surface area contributed by atoms with Crippen molar-refractivity contribution in [1.82, 2.24) is 0 Å². The van der Waals surface area contributed by atoms with Gasteiger partial charge in [0, 0.05) is 0 Å². The predicted octanol–water partition coefficient (Wildman–Crippen LogP) is 2.06. The van der Waals surface area contributed by atoms with Crippen molar-refractivity contribution in [2.45, 2.75) is 26.4 Å². The molecule has 2 unspecified atom stereocenters. The highest BCUT2D eigenvalue weighted by atomic mass is 16.6. The number of ether oxygens (including phenoxy) is 2. The van der Waals surface area contributed by atoms with E-state index in [0.717, 1.165) is 5.56 Å². The van der Waals surface area contributed by atoms with Gasteiger partial charge in [0.1, 0.15) is 11.5 Å². The fraction of sp³-hybridized carbons (Fsp3) is 0.438. The minimum absolute atomic E-state index is 0.0151. The van der Waals surface area contributed by atoms with E-state index in [2.05, 4.69) is 4.74 Å². The molecule has 1 heterocycles. The number of carbonyl (C=O) groups excluding carboxylic acids is 3. The molecule has 1 saturated heterocycles. The van der Waals surface area contributed by atoms with Crippen molar-refractivity contribution >= 4 is 17.7 Å². The van der Waals surface area contributed by atoms with Crippen LogP contribution in [0.4, 0.5) is 0 Å². The van der Waals surface area contributed by atoms with Crippen LogP contribution in [-0.2, 0) is 23.9 Å². The van der Waals surface area contributed by atoms with E-state index < -0.39 is 29.4 Å². The minimum Gasteiger partial charge on any atom is -0.468 e. The molecule has 0 radical (unpaired) electrons.